The molecule has 2 heterocycles. The van der Waals surface area contributed by atoms with E-state index in [-0.39, 0.29) is 31.2 Å². The van der Waals surface area contributed by atoms with Crippen LogP contribution in [0.3, 0.4) is 0 Å². The second-order valence-corrected chi connectivity index (χ2v) is 11.5. The predicted octanol–water partition coefficient (Wildman–Crippen LogP) is 5.33. The Balaban J connectivity index is 1.25. The molecule has 2 aliphatic heterocycles. The third kappa shape index (κ3) is 5.55. The molecule has 196 valence electrons. The lowest BCUT2D eigenvalue weighted by Crippen LogP contribution is -2.51. The van der Waals surface area contributed by atoms with Gasteiger partial charge >= 0.3 is 12.4 Å². The van der Waals surface area contributed by atoms with E-state index in [9.17, 15) is 26.3 Å². The highest BCUT2D eigenvalue weighted by Gasteiger charge is 2.55. The Hall–Kier alpha value is -1.23. The molecule has 5 rings (SSSR count). The summed E-state index contributed by atoms with van der Waals surface area (Å²) < 4.78 is 98.9. The van der Waals surface area contributed by atoms with E-state index in [1.54, 1.807) is 0 Å². The van der Waals surface area contributed by atoms with E-state index in [0.717, 1.165) is 28.3 Å². The maximum absolute atomic E-state index is 13.2. The molecule has 2 aliphatic carbocycles. The van der Waals surface area contributed by atoms with Crippen LogP contribution >= 0.6 is 11.9 Å². The van der Waals surface area contributed by atoms with E-state index in [4.69, 9.17) is 2.25 Å². The van der Waals surface area contributed by atoms with E-state index in [2.05, 4.69) is 16.9 Å². The smallest absolute Gasteiger partial charge is 0.300 e. The van der Waals surface area contributed by atoms with Crippen molar-refractivity contribution >= 4 is 18.0 Å². The van der Waals surface area contributed by atoms with Crippen LogP contribution in [0.2, 0.25) is 0 Å². The molecular weight excluding hydrogens is 488 g/mol. The average Bonchev–Trinajstić information content (AvgIpc) is 3.17. The summed E-state index contributed by atoms with van der Waals surface area (Å²) in [5.41, 5.74) is 2.67. The molecule has 2 saturated heterocycles. The Kier molecular flexibility index (Phi) is 6.27. The summed E-state index contributed by atoms with van der Waals surface area (Å²) in [4.78, 5) is 2.03. The Morgan fingerprint density at radius 2 is 1.71 bits per heavy atom. The van der Waals surface area contributed by atoms with Gasteiger partial charge in [-0.3, -0.25) is 9.62 Å². The van der Waals surface area contributed by atoms with Gasteiger partial charge in [0, 0.05) is 18.6 Å². The first-order valence-electron chi connectivity index (χ1n) is 13.2. The van der Waals surface area contributed by atoms with Crippen LogP contribution in [0, 0.1) is 17.8 Å². The number of fused-ring (bicyclic) bond motifs is 1. The lowest BCUT2D eigenvalue weighted by Gasteiger charge is -2.34. The van der Waals surface area contributed by atoms with Crippen molar-refractivity contribution in [3.8, 4) is 0 Å². The summed E-state index contributed by atoms with van der Waals surface area (Å²) in [5, 5.41) is 0. The van der Waals surface area contributed by atoms with Crippen molar-refractivity contribution in [3.05, 3.63) is 41.0 Å². The quantitative estimate of drug-likeness (QED) is 0.538. The van der Waals surface area contributed by atoms with E-state index in [0.29, 0.717) is 32.5 Å². The maximum Gasteiger partial charge on any atom is 0.402 e. The van der Waals surface area contributed by atoms with Gasteiger partial charge in [-0.25, -0.2) is 4.31 Å². The van der Waals surface area contributed by atoms with Crippen LogP contribution in [0.15, 0.2) is 24.3 Å². The van der Waals surface area contributed by atoms with Gasteiger partial charge < -0.3 is 0 Å². The summed E-state index contributed by atoms with van der Waals surface area (Å²) in [5.74, 6) is -1.06. The van der Waals surface area contributed by atoms with Crippen LogP contribution in [0.1, 0.15) is 42.4 Å². The molecule has 3 atom stereocenters. The van der Waals surface area contributed by atoms with Crippen molar-refractivity contribution in [3.63, 3.8) is 0 Å². The molecule has 2 bridgehead atoms. The summed E-state index contributed by atoms with van der Waals surface area (Å²) in [6.45, 7) is 0.289. The molecule has 1 spiro atoms. The molecule has 10 heteroatoms. The Labute approximate surface area is 208 Å². The van der Waals surface area contributed by atoms with E-state index in [1.165, 1.54) is 5.56 Å². The van der Waals surface area contributed by atoms with Gasteiger partial charge in [-0.1, -0.05) is 30.4 Å². The lowest BCUT2D eigenvalue weighted by atomic mass is 9.79. The highest BCUT2D eigenvalue weighted by molar-refractivity contribution is 7.95. The molecule has 0 aromatic heterocycles. The number of halogens is 6. The molecule has 3 fully saturated rings. The number of likely N-dealkylation sites (tertiary alicyclic amines) is 1. The predicted molar refractivity (Wildman–Crippen MR) is 128 cm³/mol. The summed E-state index contributed by atoms with van der Waals surface area (Å²) in [7, 11) is 0. The standard InChI is InChI=1S/C25H33F6N3S/c26-24(27,28)16-34-15-23(32-35-34)21-5-6-22(23)14-19-12-17(3-4-18(19)13-21)2-1-9-33-10-7-20(8-11-33)25(29,30)31/h1-4,12,20-22,32H,5-11,13-16,35H2/b2-1+/t21-,22?,23+/m0/s1/i35D2. The second-order valence-electron chi connectivity index (χ2n) is 10.6. The normalized spacial score (nSPS) is 34.1. The van der Waals surface area contributed by atoms with Crippen LogP contribution in [-0.2, 0) is 12.8 Å². The van der Waals surface area contributed by atoms with Crippen LogP contribution < -0.4 is 4.72 Å². The van der Waals surface area contributed by atoms with Gasteiger partial charge in [-0.05, 0) is 80.1 Å². The Morgan fingerprint density at radius 1 is 1.03 bits per heavy atom. The van der Waals surface area contributed by atoms with E-state index < -0.39 is 42.3 Å². The first-order chi connectivity index (χ1) is 17.3. The minimum atomic E-state index is -4.45. The van der Waals surface area contributed by atoms with Crippen LogP contribution in [0.5, 0.6) is 0 Å². The summed E-state index contributed by atoms with van der Waals surface area (Å²) in [6, 6.07) is 6.20. The summed E-state index contributed by atoms with van der Waals surface area (Å²) >= 11 is -3.22. The van der Waals surface area contributed by atoms with Crippen LogP contribution in [0.4, 0.5) is 26.3 Å². The highest BCUT2D eigenvalue weighted by Crippen LogP contribution is 2.51. The maximum atomic E-state index is 13.2. The van der Waals surface area contributed by atoms with Gasteiger partial charge in [0.05, 0.1) is 5.92 Å². The minimum Gasteiger partial charge on any atom is -0.300 e. The molecule has 35 heavy (non-hydrogen) atoms. The number of piperidine rings is 1. The molecule has 0 radical (unpaired) electrons. The third-order valence-electron chi connectivity index (χ3n) is 8.37. The van der Waals surface area contributed by atoms with E-state index >= 15 is 0 Å². The Morgan fingerprint density at radius 3 is 2.37 bits per heavy atom. The largest absolute Gasteiger partial charge is 0.402 e. The van der Waals surface area contributed by atoms with Gasteiger partial charge in [-0.15, -0.1) is 0 Å². The molecule has 1 aromatic carbocycles. The minimum absolute atomic E-state index is 0.0636. The SMILES string of the molecule is [2H]S1([2H])N[C@@]2(CN1CC(F)(F)F)C1CC[C@H]2Cc2ccc(/C=C/CN3CCC(C(F)(F)F)CC3)cc2C1. The number of benzene rings is 1. The first kappa shape index (κ1) is 22.9. The number of hydrogen-bond acceptors (Lipinski definition) is 3. The zero-order chi connectivity index (χ0) is 26.6. The van der Waals surface area contributed by atoms with Gasteiger partial charge in [0.25, 0.3) is 0 Å². The molecule has 3 nitrogen and oxygen atoms in total. The number of nitrogens with zero attached hydrogens (tertiary/aromatic N) is 2. The number of nitrogens with one attached hydrogen (secondary N) is 1. The lowest BCUT2D eigenvalue weighted by molar-refractivity contribution is -0.184. The van der Waals surface area contributed by atoms with Crippen LogP contribution in [0.25, 0.3) is 6.08 Å². The molecule has 1 saturated carbocycles. The van der Waals surface area contributed by atoms with Crippen molar-refractivity contribution in [1.82, 2.24) is 13.9 Å². The van der Waals surface area contributed by atoms with Crippen molar-refractivity contribution in [2.24, 2.45) is 17.8 Å². The first-order valence-corrected chi connectivity index (χ1v) is 13.1. The second kappa shape index (κ2) is 9.58. The van der Waals surface area contributed by atoms with E-state index in [1.807, 2.05) is 23.1 Å². The third-order valence-corrected chi connectivity index (χ3v) is 9.35. The molecule has 1 aromatic rings. The number of hydrogen-bond donors (Lipinski definition) is 1. The average molecular weight is 524 g/mol. The molecule has 0 amide bonds. The van der Waals surface area contributed by atoms with Crippen molar-refractivity contribution < 1.29 is 26.3 Å². The fourth-order valence-corrected chi connectivity index (χ4v) is 7.67. The fraction of sp³-hybridized carbons (Fsp3) is 0.680. The molecular formula is C25H33F6N3S. The number of alkyl halides is 6. The Bertz CT molecular complexity index is 1020. The van der Waals surface area contributed by atoms with Gasteiger partial charge in [0.15, 0.2) is 0 Å². The van der Waals surface area contributed by atoms with Gasteiger partial charge in [0.2, 0.25) is 0 Å². The van der Waals surface area contributed by atoms with Gasteiger partial charge in [-0.2, -0.15) is 38.3 Å². The number of rotatable bonds is 4. The van der Waals surface area contributed by atoms with Crippen LogP contribution in [-0.4, -0.2) is 62.1 Å². The fourth-order valence-electron chi connectivity index (χ4n) is 6.49. The summed E-state index contributed by atoms with van der Waals surface area (Å²) in [6.07, 6.45) is -1.19. The van der Waals surface area contributed by atoms with Crippen molar-refractivity contribution in [1.29, 1.82) is 2.25 Å². The van der Waals surface area contributed by atoms with Gasteiger partial charge in [0.1, 0.15) is 8.79 Å². The molecule has 1 unspecified atom stereocenters. The highest BCUT2D eigenvalue weighted by atomic mass is 32.2. The molecule has 4 aliphatic rings. The van der Waals surface area contributed by atoms with Crippen molar-refractivity contribution in [2.75, 3.05) is 32.7 Å². The molecule has 1 N–H and O–H groups in total. The monoisotopic (exact) mass is 523 g/mol. The van der Waals surface area contributed by atoms with Crippen molar-refractivity contribution in [2.45, 2.75) is 56.4 Å². The zero-order valence-corrected chi connectivity index (χ0v) is 20.3. The zero-order valence-electron chi connectivity index (χ0n) is 21.5. The topological polar surface area (TPSA) is 18.5 Å².